The fourth-order valence-electron chi connectivity index (χ4n) is 1.69. The molecule has 0 saturated carbocycles. The van der Waals surface area contributed by atoms with Crippen LogP contribution >= 0.6 is 0 Å². The van der Waals surface area contributed by atoms with Crippen LogP contribution in [0.15, 0.2) is 5.16 Å². The summed E-state index contributed by atoms with van der Waals surface area (Å²) in [6.45, 7) is 0.999. The second kappa shape index (κ2) is 5.09. The van der Waals surface area contributed by atoms with Crippen molar-refractivity contribution < 1.29 is 14.0 Å². The topological polar surface area (TPSA) is 61.9 Å². The fourth-order valence-corrected chi connectivity index (χ4v) is 1.69. The monoisotopic (exact) mass is 207 g/mol. The van der Waals surface area contributed by atoms with Gasteiger partial charge in [-0.25, -0.2) is 8.78 Å². The number of nitrogens with zero attached hydrogens (tertiary/aromatic N) is 2. The number of nitrogens with two attached hydrogens (primary N) is 1. The number of piperidine rings is 1. The minimum absolute atomic E-state index is 0.0360. The molecule has 0 amide bonds. The zero-order valence-corrected chi connectivity index (χ0v) is 7.87. The van der Waals surface area contributed by atoms with Crippen molar-refractivity contribution in [2.45, 2.75) is 19.3 Å². The Morgan fingerprint density at radius 3 is 2.50 bits per heavy atom. The molecule has 1 aliphatic rings. The Morgan fingerprint density at radius 2 is 2.07 bits per heavy atom. The van der Waals surface area contributed by atoms with E-state index in [-0.39, 0.29) is 18.3 Å². The first kappa shape index (κ1) is 11.2. The third-order valence-corrected chi connectivity index (χ3v) is 2.52. The van der Waals surface area contributed by atoms with Gasteiger partial charge in [-0.05, 0) is 25.9 Å². The SMILES string of the molecule is NC(=NO)C1CCN(CC(F)F)CC1. The molecule has 6 heteroatoms. The molecule has 0 atom stereocenters. The van der Waals surface area contributed by atoms with Crippen molar-refractivity contribution in [1.82, 2.24) is 4.90 Å². The summed E-state index contributed by atoms with van der Waals surface area (Å²) in [4.78, 5) is 1.70. The predicted molar refractivity (Wildman–Crippen MR) is 48.6 cm³/mol. The number of hydrogen-bond acceptors (Lipinski definition) is 3. The minimum atomic E-state index is -2.28. The average molecular weight is 207 g/mol. The molecule has 0 aliphatic carbocycles. The Kier molecular flexibility index (Phi) is 4.06. The Balaban J connectivity index is 2.31. The van der Waals surface area contributed by atoms with E-state index < -0.39 is 6.43 Å². The summed E-state index contributed by atoms with van der Waals surface area (Å²) in [7, 11) is 0. The number of alkyl halides is 2. The maximum atomic E-state index is 12.0. The second-order valence-corrected chi connectivity index (χ2v) is 3.49. The molecule has 0 bridgehead atoms. The summed E-state index contributed by atoms with van der Waals surface area (Å²) in [5, 5.41) is 11.4. The number of likely N-dealkylation sites (tertiary alicyclic amines) is 1. The summed E-state index contributed by atoms with van der Waals surface area (Å²) < 4.78 is 24.0. The highest BCUT2D eigenvalue weighted by molar-refractivity contribution is 5.82. The predicted octanol–water partition coefficient (Wildman–Crippen LogP) is 0.710. The smallest absolute Gasteiger partial charge is 0.251 e. The zero-order chi connectivity index (χ0) is 10.6. The molecular formula is C8H15F2N3O. The fraction of sp³-hybridized carbons (Fsp3) is 0.875. The van der Waals surface area contributed by atoms with Gasteiger partial charge in [0.2, 0.25) is 0 Å². The van der Waals surface area contributed by atoms with Crippen molar-refractivity contribution in [3.05, 3.63) is 0 Å². The third kappa shape index (κ3) is 3.10. The summed E-state index contributed by atoms with van der Waals surface area (Å²) >= 11 is 0. The standard InChI is InChI=1S/C8H15F2N3O/c9-7(10)5-13-3-1-6(2-4-13)8(11)12-14/h6-7,14H,1-5H2,(H2,11,12). The van der Waals surface area contributed by atoms with Crippen molar-refractivity contribution in [2.24, 2.45) is 16.8 Å². The van der Waals surface area contributed by atoms with E-state index in [4.69, 9.17) is 10.9 Å². The molecule has 1 heterocycles. The van der Waals surface area contributed by atoms with Crippen LogP contribution in [0, 0.1) is 5.92 Å². The lowest BCUT2D eigenvalue weighted by Gasteiger charge is -2.30. The average Bonchev–Trinajstić information content (AvgIpc) is 2.17. The second-order valence-electron chi connectivity index (χ2n) is 3.49. The van der Waals surface area contributed by atoms with Crippen LogP contribution < -0.4 is 5.73 Å². The first-order valence-electron chi connectivity index (χ1n) is 4.61. The Labute approximate surface area is 81.4 Å². The van der Waals surface area contributed by atoms with Crippen molar-refractivity contribution >= 4 is 5.84 Å². The van der Waals surface area contributed by atoms with Crippen LogP contribution in [0.3, 0.4) is 0 Å². The molecule has 1 fully saturated rings. The van der Waals surface area contributed by atoms with Crippen LogP contribution in [0.1, 0.15) is 12.8 Å². The van der Waals surface area contributed by atoms with Gasteiger partial charge >= 0.3 is 0 Å². The van der Waals surface area contributed by atoms with Crippen molar-refractivity contribution in [2.75, 3.05) is 19.6 Å². The van der Waals surface area contributed by atoms with E-state index in [2.05, 4.69) is 5.16 Å². The summed E-state index contributed by atoms with van der Waals surface area (Å²) in [6.07, 6.45) is -0.916. The van der Waals surface area contributed by atoms with E-state index in [0.717, 1.165) is 0 Å². The van der Waals surface area contributed by atoms with Gasteiger partial charge in [-0.1, -0.05) is 5.16 Å². The largest absolute Gasteiger partial charge is 0.409 e. The van der Waals surface area contributed by atoms with Crippen molar-refractivity contribution in [3.8, 4) is 0 Å². The maximum Gasteiger partial charge on any atom is 0.251 e. The molecule has 14 heavy (non-hydrogen) atoms. The molecule has 0 aromatic carbocycles. The summed E-state index contributed by atoms with van der Waals surface area (Å²) in [6, 6.07) is 0. The van der Waals surface area contributed by atoms with Gasteiger partial charge in [0.25, 0.3) is 6.43 Å². The van der Waals surface area contributed by atoms with Crippen LogP contribution in [-0.4, -0.2) is 42.0 Å². The number of hydrogen-bond donors (Lipinski definition) is 2. The van der Waals surface area contributed by atoms with E-state index in [1.807, 2.05) is 0 Å². The van der Waals surface area contributed by atoms with Gasteiger partial charge in [0.05, 0.1) is 6.54 Å². The highest BCUT2D eigenvalue weighted by atomic mass is 19.3. The molecule has 82 valence electrons. The van der Waals surface area contributed by atoms with Crippen LogP contribution in [0.2, 0.25) is 0 Å². The Morgan fingerprint density at radius 1 is 1.50 bits per heavy atom. The maximum absolute atomic E-state index is 12.0. The van der Waals surface area contributed by atoms with E-state index in [1.54, 1.807) is 4.90 Å². The molecule has 0 radical (unpaired) electrons. The van der Waals surface area contributed by atoms with Crippen molar-refractivity contribution in [3.63, 3.8) is 0 Å². The quantitative estimate of drug-likeness (QED) is 0.310. The highest BCUT2D eigenvalue weighted by Crippen LogP contribution is 2.17. The van der Waals surface area contributed by atoms with Gasteiger partial charge in [0.1, 0.15) is 5.84 Å². The van der Waals surface area contributed by atoms with E-state index in [1.165, 1.54) is 0 Å². The van der Waals surface area contributed by atoms with Gasteiger partial charge in [0, 0.05) is 5.92 Å². The normalized spacial score (nSPS) is 21.8. The number of amidine groups is 1. The Bertz CT molecular complexity index is 203. The molecule has 1 saturated heterocycles. The lowest BCUT2D eigenvalue weighted by molar-refractivity contribution is 0.0743. The molecule has 1 rings (SSSR count). The van der Waals surface area contributed by atoms with Gasteiger partial charge in [0.15, 0.2) is 0 Å². The third-order valence-electron chi connectivity index (χ3n) is 2.52. The highest BCUT2D eigenvalue weighted by Gasteiger charge is 2.23. The minimum Gasteiger partial charge on any atom is -0.409 e. The lowest BCUT2D eigenvalue weighted by Crippen LogP contribution is -2.40. The summed E-state index contributed by atoms with van der Waals surface area (Å²) in [5.74, 6) is 0.246. The van der Waals surface area contributed by atoms with Crippen LogP contribution in [0.4, 0.5) is 8.78 Å². The van der Waals surface area contributed by atoms with Gasteiger partial charge < -0.3 is 10.9 Å². The van der Waals surface area contributed by atoms with Gasteiger partial charge in [-0.2, -0.15) is 0 Å². The molecule has 3 N–H and O–H groups in total. The van der Waals surface area contributed by atoms with E-state index in [9.17, 15) is 8.78 Å². The Hall–Kier alpha value is -0.910. The van der Waals surface area contributed by atoms with Crippen molar-refractivity contribution in [1.29, 1.82) is 0 Å². The van der Waals surface area contributed by atoms with Crippen LogP contribution in [0.25, 0.3) is 0 Å². The summed E-state index contributed by atoms with van der Waals surface area (Å²) in [5.41, 5.74) is 5.43. The molecule has 0 aromatic rings. The first-order valence-corrected chi connectivity index (χ1v) is 4.61. The number of halogens is 2. The molecule has 0 spiro atoms. The molecular weight excluding hydrogens is 192 g/mol. The van der Waals surface area contributed by atoms with Crippen LogP contribution in [-0.2, 0) is 0 Å². The van der Waals surface area contributed by atoms with Gasteiger partial charge in [-0.3, -0.25) is 4.90 Å². The van der Waals surface area contributed by atoms with Crippen LogP contribution in [0.5, 0.6) is 0 Å². The number of rotatable bonds is 3. The van der Waals surface area contributed by atoms with E-state index >= 15 is 0 Å². The first-order chi connectivity index (χ1) is 6.63. The zero-order valence-electron chi connectivity index (χ0n) is 7.87. The molecule has 1 aliphatic heterocycles. The molecule has 0 unspecified atom stereocenters. The van der Waals surface area contributed by atoms with E-state index in [0.29, 0.717) is 25.9 Å². The lowest BCUT2D eigenvalue weighted by atomic mass is 9.96. The molecule has 4 nitrogen and oxygen atoms in total. The number of oxime groups is 1. The van der Waals surface area contributed by atoms with Gasteiger partial charge in [-0.15, -0.1) is 0 Å². The molecule has 0 aromatic heterocycles.